The van der Waals surface area contributed by atoms with E-state index < -0.39 is 0 Å². The van der Waals surface area contributed by atoms with E-state index in [1.54, 1.807) is 41.8 Å². The molecule has 0 aliphatic rings. The molecule has 0 saturated heterocycles. The maximum atomic E-state index is 12.2. The predicted molar refractivity (Wildman–Crippen MR) is 104 cm³/mol. The van der Waals surface area contributed by atoms with Crippen molar-refractivity contribution < 1.29 is 9.59 Å². The van der Waals surface area contributed by atoms with Crippen LogP contribution >= 0.6 is 22.9 Å². The zero-order chi connectivity index (χ0) is 19.2. The van der Waals surface area contributed by atoms with Crippen LogP contribution < -0.4 is 5.32 Å². The first-order valence-corrected chi connectivity index (χ1v) is 9.50. The van der Waals surface area contributed by atoms with E-state index in [9.17, 15) is 9.59 Å². The molecule has 0 atom stereocenters. The maximum Gasteiger partial charge on any atom is 0.251 e. The number of ketones is 1. The first-order chi connectivity index (χ1) is 13.0. The van der Waals surface area contributed by atoms with Crippen molar-refractivity contribution in [3.05, 3.63) is 74.7 Å². The van der Waals surface area contributed by atoms with Gasteiger partial charge in [-0.15, -0.1) is 11.3 Å². The van der Waals surface area contributed by atoms with Gasteiger partial charge in [0.2, 0.25) is 0 Å². The summed E-state index contributed by atoms with van der Waals surface area (Å²) in [6.07, 6.45) is 5.75. The topological polar surface area (TPSA) is 84.8 Å². The molecular formula is C19H17ClN4O2S. The second-order valence-electron chi connectivity index (χ2n) is 5.85. The first kappa shape index (κ1) is 19.1. The van der Waals surface area contributed by atoms with Gasteiger partial charge < -0.3 is 5.32 Å². The van der Waals surface area contributed by atoms with Gasteiger partial charge in [-0.25, -0.2) is 9.97 Å². The Morgan fingerprint density at radius 2 is 2.00 bits per heavy atom. The number of nitrogens with zero attached hydrogens (tertiary/aromatic N) is 3. The molecule has 138 valence electrons. The molecule has 2 aromatic heterocycles. The van der Waals surface area contributed by atoms with Crippen LogP contribution in [0.3, 0.4) is 0 Å². The lowest BCUT2D eigenvalue weighted by molar-refractivity contribution is 0.0947. The summed E-state index contributed by atoms with van der Waals surface area (Å²) in [7, 11) is 0. The largest absolute Gasteiger partial charge is 0.346 e. The molecule has 2 heterocycles. The molecule has 3 rings (SSSR count). The molecule has 0 aliphatic heterocycles. The zero-order valence-corrected chi connectivity index (χ0v) is 16.2. The Balaban J connectivity index is 1.52. The minimum Gasteiger partial charge on any atom is -0.346 e. The predicted octanol–water partition coefficient (Wildman–Crippen LogP) is 3.64. The molecule has 0 radical (unpaired) electrons. The highest BCUT2D eigenvalue weighted by molar-refractivity contribution is 7.11. The summed E-state index contributed by atoms with van der Waals surface area (Å²) in [6, 6.07) is 6.69. The fraction of sp³-hybridized carbons (Fsp3) is 0.211. The average molecular weight is 401 g/mol. The van der Waals surface area contributed by atoms with Gasteiger partial charge in [0.05, 0.1) is 29.6 Å². The highest BCUT2D eigenvalue weighted by Gasteiger charge is 2.11. The summed E-state index contributed by atoms with van der Waals surface area (Å²) < 4.78 is 0. The standard InChI is InChI=1S/C19H17ClN4O2S/c1-12-21-10-16(27-12)5-6-18(25)17-11-22-15(8-23-17)9-24-19(26)13-3-2-4-14(20)7-13/h2-4,7-8,10-11H,5-6,9H2,1H3,(H,24,26). The number of carbonyl (C=O) groups is 2. The zero-order valence-electron chi connectivity index (χ0n) is 14.6. The number of thiazole rings is 1. The first-order valence-electron chi connectivity index (χ1n) is 8.30. The summed E-state index contributed by atoms with van der Waals surface area (Å²) in [4.78, 5) is 37.9. The Kier molecular flexibility index (Phi) is 6.26. The molecule has 1 N–H and O–H groups in total. The van der Waals surface area contributed by atoms with Crippen LogP contribution in [0, 0.1) is 6.92 Å². The molecule has 0 bridgehead atoms. The van der Waals surface area contributed by atoms with Gasteiger partial charge in [0.25, 0.3) is 5.91 Å². The van der Waals surface area contributed by atoms with E-state index in [-0.39, 0.29) is 18.2 Å². The third-order valence-corrected chi connectivity index (χ3v) is 4.98. The fourth-order valence-corrected chi connectivity index (χ4v) is 3.36. The van der Waals surface area contributed by atoms with Crippen LogP contribution in [0.2, 0.25) is 5.02 Å². The smallest absolute Gasteiger partial charge is 0.251 e. The minimum absolute atomic E-state index is 0.0666. The van der Waals surface area contributed by atoms with Crippen molar-refractivity contribution in [2.24, 2.45) is 0 Å². The Bertz CT molecular complexity index is 956. The van der Waals surface area contributed by atoms with E-state index in [4.69, 9.17) is 11.6 Å². The molecule has 1 aromatic carbocycles. The number of aryl methyl sites for hydroxylation is 2. The molecule has 27 heavy (non-hydrogen) atoms. The number of hydrogen-bond acceptors (Lipinski definition) is 6. The van der Waals surface area contributed by atoms with Crippen LogP contribution in [0.25, 0.3) is 0 Å². The lowest BCUT2D eigenvalue weighted by Crippen LogP contribution is -2.23. The molecule has 0 unspecified atom stereocenters. The molecule has 6 nitrogen and oxygen atoms in total. The fourth-order valence-electron chi connectivity index (χ4n) is 2.38. The number of nitrogens with one attached hydrogen (secondary N) is 1. The van der Waals surface area contributed by atoms with Gasteiger partial charge in [-0.2, -0.15) is 0 Å². The third-order valence-electron chi connectivity index (χ3n) is 3.78. The normalized spacial score (nSPS) is 10.6. The lowest BCUT2D eigenvalue weighted by Gasteiger charge is -2.06. The molecule has 0 aliphatic carbocycles. The number of halogens is 1. The molecule has 3 aromatic rings. The van der Waals surface area contributed by atoms with Crippen LogP contribution in [0.1, 0.15) is 42.8 Å². The van der Waals surface area contributed by atoms with Crippen molar-refractivity contribution in [3.8, 4) is 0 Å². The second-order valence-corrected chi connectivity index (χ2v) is 7.61. The Morgan fingerprint density at radius 1 is 1.15 bits per heavy atom. The van der Waals surface area contributed by atoms with Crippen molar-refractivity contribution >= 4 is 34.6 Å². The highest BCUT2D eigenvalue weighted by Crippen LogP contribution is 2.15. The van der Waals surface area contributed by atoms with E-state index >= 15 is 0 Å². The van der Waals surface area contributed by atoms with Gasteiger partial charge >= 0.3 is 0 Å². The van der Waals surface area contributed by atoms with Crippen molar-refractivity contribution in [1.29, 1.82) is 0 Å². The summed E-state index contributed by atoms with van der Waals surface area (Å²) in [5, 5.41) is 4.24. The number of carbonyl (C=O) groups excluding carboxylic acids is 2. The van der Waals surface area contributed by atoms with E-state index in [1.807, 2.05) is 6.92 Å². The molecule has 8 heteroatoms. The van der Waals surface area contributed by atoms with Crippen molar-refractivity contribution in [1.82, 2.24) is 20.3 Å². The third kappa shape index (κ3) is 5.42. The van der Waals surface area contributed by atoms with Gasteiger partial charge in [0.15, 0.2) is 5.78 Å². The van der Waals surface area contributed by atoms with Crippen LogP contribution in [0.15, 0.2) is 42.9 Å². The number of Topliss-reactive ketones (excluding diaryl/α,β-unsaturated/α-hetero) is 1. The number of benzene rings is 1. The summed E-state index contributed by atoms with van der Waals surface area (Å²) in [5.41, 5.74) is 1.36. The summed E-state index contributed by atoms with van der Waals surface area (Å²) in [6.45, 7) is 2.15. The minimum atomic E-state index is -0.251. The Labute approximate surface area is 165 Å². The number of aromatic nitrogens is 3. The monoisotopic (exact) mass is 400 g/mol. The van der Waals surface area contributed by atoms with E-state index in [1.165, 1.54) is 12.4 Å². The lowest BCUT2D eigenvalue weighted by atomic mass is 10.1. The number of amides is 1. The van der Waals surface area contributed by atoms with Crippen molar-refractivity contribution in [2.45, 2.75) is 26.3 Å². The van der Waals surface area contributed by atoms with Crippen molar-refractivity contribution in [3.63, 3.8) is 0 Å². The quantitative estimate of drug-likeness (QED) is 0.612. The van der Waals surface area contributed by atoms with E-state index in [0.717, 1.165) is 9.88 Å². The van der Waals surface area contributed by atoms with Gasteiger partial charge in [0, 0.05) is 28.1 Å². The van der Waals surface area contributed by atoms with Crippen LogP contribution in [-0.4, -0.2) is 26.6 Å². The van der Waals surface area contributed by atoms with E-state index in [2.05, 4.69) is 20.3 Å². The molecule has 0 fully saturated rings. The average Bonchev–Trinajstić information content (AvgIpc) is 3.10. The summed E-state index contributed by atoms with van der Waals surface area (Å²) in [5.74, 6) is -0.317. The SMILES string of the molecule is Cc1ncc(CCC(=O)c2cnc(CNC(=O)c3cccc(Cl)c3)cn2)s1. The van der Waals surface area contributed by atoms with Crippen LogP contribution in [0.4, 0.5) is 0 Å². The summed E-state index contributed by atoms with van der Waals surface area (Å²) >= 11 is 7.47. The molecule has 0 spiro atoms. The highest BCUT2D eigenvalue weighted by atomic mass is 35.5. The van der Waals surface area contributed by atoms with Crippen LogP contribution in [-0.2, 0) is 13.0 Å². The Morgan fingerprint density at radius 3 is 2.67 bits per heavy atom. The van der Waals surface area contributed by atoms with Gasteiger partial charge in [-0.05, 0) is 31.5 Å². The molecule has 1 amide bonds. The number of rotatable bonds is 7. The van der Waals surface area contributed by atoms with Gasteiger partial charge in [0.1, 0.15) is 5.69 Å². The van der Waals surface area contributed by atoms with E-state index in [0.29, 0.717) is 34.8 Å². The number of hydrogen-bond donors (Lipinski definition) is 1. The van der Waals surface area contributed by atoms with Gasteiger partial charge in [-0.1, -0.05) is 17.7 Å². The second kappa shape index (κ2) is 8.83. The van der Waals surface area contributed by atoms with Crippen molar-refractivity contribution in [2.75, 3.05) is 0 Å². The Hall–Kier alpha value is -2.64. The van der Waals surface area contributed by atoms with Gasteiger partial charge in [-0.3, -0.25) is 14.6 Å². The maximum absolute atomic E-state index is 12.2. The molecular weight excluding hydrogens is 384 g/mol. The van der Waals surface area contributed by atoms with Crippen LogP contribution in [0.5, 0.6) is 0 Å². The molecule has 0 saturated carbocycles.